The van der Waals surface area contributed by atoms with Crippen LogP contribution in [0.15, 0.2) is 30.5 Å². The average molecular weight is 321 g/mol. The topological polar surface area (TPSA) is 50.8 Å². The van der Waals surface area contributed by atoms with Crippen LogP contribution in [0.1, 0.15) is 49.3 Å². The molecule has 1 N–H and O–H groups in total. The number of nitrogens with zero attached hydrogens (tertiary/aromatic N) is 2. The molecule has 4 nitrogen and oxygen atoms in total. The predicted octanol–water partition coefficient (Wildman–Crippen LogP) is 4.99. The van der Waals surface area contributed by atoms with E-state index in [2.05, 4.69) is 29.0 Å². The molecule has 0 atom stereocenters. The molecule has 0 radical (unpaired) electrons. The van der Waals surface area contributed by atoms with Crippen LogP contribution in [0.2, 0.25) is 0 Å². The van der Waals surface area contributed by atoms with Crippen LogP contribution in [0, 0.1) is 6.92 Å². The van der Waals surface area contributed by atoms with Gasteiger partial charge in [0.05, 0.1) is 24.7 Å². The molecule has 0 amide bonds. The Morgan fingerprint density at radius 2 is 1.83 bits per heavy atom. The lowest BCUT2D eigenvalue weighted by atomic mass is 9.87. The van der Waals surface area contributed by atoms with Crippen LogP contribution in [0.5, 0.6) is 5.75 Å². The third kappa shape index (κ3) is 2.66. The molecule has 4 rings (SSSR count). The summed E-state index contributed by atoms with van der Waals surface area (Å²) in [4.78, 5) is 13.0. The Morgan fingerprint density at radius 3 is 2.54 bits per heavy atom. The average Bonchev–Trinajstić information content (AvgIpc) is 2.99. The lowest BCUT2D eigenvalue weighted by molar-refractivity contribution is 0.415. The molecule has 4 heteroatoms. The summed E-state index contributed by atoms with van der Waals surface area (Å²) in [5, 5.41) is 0. The molecular weight excluding hydrogens is 298 g/mol. The van der Waals surface area contributed by atoms with Gasteiger partial charge in [0, 0.05) is 11.5 Å². The summed E-state index contributed by atoms with van der Waals surface area (Å²) in [5.41, 5.74) is 6.42. The maximum Gasteiger partial charge on any atom is 0.156 e. The van der Waals surface area contributed by atoms with Crippen LogP contribution < -0.4 is 4.74 Å². The van der Waals surface area contributed by atoms with Crippen LogP contribution in [0.3, 0.4) is 0 Å². The maximum absolute atomic E-state index is 5.24. The number of H-pyrrole nitrogens is 1. The van der Waals surface area contributed by atoms with Crippen LogP contribution in [-0.4, -0.2) is 22.1 Å². The number of hydrogen-bond donors (Lipinski definition) is 1. The zero-order chi connectivity index (χ0) is 16.5. The molecule has 1 aliphatic carbocycles. The second-order valence-electron chi connectivity index (χ2n) is 6.68. The van der Waals surface area contributed by atoms with Crippen LogP contribution in [0.4, 0.5) is 0 Å². The highest BCUT2D eigenvalue weighted by molar-refractivity contribution is 5.85. The van der Waals surface area contributed by atoms with Crippen molar-refractivity contribution in [3.8, 4) is 17.0 Å². The Labute approximate surface area is 142 Å². The second kappa shape index (κ2) is 6.27. The summed E-state index contributed by atoms with van der Waals surface area (Å²) >= 11 is 0. The van der Waals surface area contributed by atoms with E-state index in [4.69, 9.17) is 9.72 Å². The number of methoxy groups -OCH3 is 1. The van der Waals surface area contributed by atoms with Gasteiger partial charge in [0.15, 0.2) is 5.65 Å². The summed E-state index contributed by atoms with van der Waals surface area (Å²) in [6.45, 7) is 2.12. The summed E-state index contributed by atoms with van der Waals surface area (Å²) in [7, 11) is 1.68. The van der Waals surface area contributed by atoms with Gasteiger partial charge in [0.2, 0.25) is 0 Å². The maximum atomic E-state index is 5.24. The molecule has 24 heavy (non-hydrogen) atoms. The molecule has 0 bridgehead atoms. The molecule has 2 aromatic heterocycles. The first-order valence-electron chi connectivity index (χ1n) is 8.76. The number of aromatic nitrogens is 3. The highest BCUT2D eigenvalue weighted by atomic mass is 16.5. The van der Waals surface area contributed by atoms with Gasteiger partial charge in [-0.1, -0.05) is 19.3 Å². The zero-order valence-corrected chi connectivity index (χ0v) is 14.3. The highest BCUT2D eigenvalue weighted by Gasteiger charge is 2.19. The minimum Gasteiger partial charge on any atom is -0.497 e. The molecule has 0 saturated heterocycles. The fourth-order valence-corrected chi connectivity index (χ4v) is 3.73. The van der Waals surface area contributed by atoms with Crippen molar-refractivity contribution in [2.75, 3.05) is 7.11 Å². The van der Waals surface area contributed by atoms with E-state index in [9.17, 15) is 0 Å². The molecule has 0 aliphatic heterocycles. The number of fused-ring (bicyclic) bond motifs is 1. The lowest BCUT2D eigenvalue weighted by Crippen LogP contribution is -2.07. The molecule has 1 aromatic carbocycles. The summed E-state index contributed by atoms with van der Waals surface area (Å²) in [5.74, 6) is 1.44. The van der Waals surface area contributed by atoms with Gasteiger partial charge in [-0.25, -0.2) is 9.97 Å². The number of benzene rings is 1. The third-order valence-corrected chi connectivity index (χ3v) is 5.17. The zero-order valence-electron chi connectivity index (χ0n) is 14.3. The molecule has 3 aromatic rings. The van der Waals surface area contributed by atoms with E-state index >= 15 is 0 Å². The van der Waals surface area contributed by atoms with Gasteiger partial charge < -0.3 is 9.72 Å². The van der Waals surface area contributed by atoms with Gasteiger partial charge in [-0.05, 0) is 49.6 Å². The standard InChI is InChI=1S/C20H23N3O/c1-13-18(15-8-10-16(24-2)11-9-15)23-20-19(13)22-17(12-21-20)14-6-4-3-5-7-14/h8-12,14H,3-7H2,1-2H3,(H,21,23). The van der Waals surface area contributed by atoms with Crippen molar-refractivity contribution < 1.29 is 4.74 Å². The molecule has 2 heterocycles. The van der Waals surface area contributed by atoms with E-state index in [1.165, 1.54) is 37.7 Å². The first-order chi connectivity index (χ1) is 11.8. The van der Waals surface area contributed by atoms with E-state index in [-0.39, 0.29) is 0 Å². The molecule has 1 saturated carbocycles. The normalized spacial score (nSPS) is 15.8. The number of rotatable bonds is 3. The van der Waals surface area contributed by atoms with E-state index < -0.39 is 0 Å². The molecule has 1 fully saturated rings. The Kier molecular flexibility index (Phi) is 3.97. The lowest BCUT2D eigenvalue weighted by Gasteiger charge is -2.20. The van der Waals surface area contributed by atoms with E-state index in [0.717, 1.165) is 33.9 Å². The van der Waals surface area contributed by atoms with Crippen LogP contribution in [0.25, 0.3) is 22.4 Å². The van der Waals surface area contributed by atoms with Gasteiger partial charge >= 0.3 is 0 Å². The quantitative estimate of drug-likeness (QED) is 0.739. The Balaban J connectivity index is 1.73. The monoisotopic (exact) mass is 321 g/mol. The number of aryl methyl sites for hydroxylation is 1. The van der Waals surface area contributed by atoms with Gasteiger partial charge in [-0.3, -0.25) is 0 Å². The largest absolute Gasteiger partial charge is 0.497 e. The fourth-order valence-electron chi connectivity index (χ4n) is 3.73. The molecule has 124 valence electrons. The molecule has 1 aliphatic rings. The summed E-state index contributed by atoms with van der Waals surface area (Å²) in [6.07, 6.45) is 8.44. The van der Waals surface area contributed by atoms with Crippen LogP contribution in [-0.2, 0) is 0 Å². The molecule has 0 spiro atoms. The Hall–Kier alpha value is -2.36. The van der Waals surface area contributed by atoms with Crippen molar-refractivity contribution in [2.45, 2.75) is 44.9 Å². The highest BCUT2D eigenvalue weighted by Crippen LogP contribution is 2.34. The SMILES string of the molecule is COc1ccc(-c2[nH]c3ncc(C4CCCCC4)nc3c2C)cc1. The summed E-state index contributed by atoms with van der Waals surface area (Å²) < 4.78 is 5.24. The van der Waals surface area contributed by atoms with Crippen molar-refractivity contribution in [1.29, 1.82) is 0 Å². The van der Waals surface area contributed by atoms with E-state index in [0.29, 0.717) is 5.92 Å². The van der Waals surface area contributed by atoms with E-state index in [1.54, 1.807) is 7.11 Å². The number of ether oxygens (including phenoxy) is 1. The van der Waals surface area contributed by atoms with Gasteiger partial charge in [-0.2, -0.15) is 0 Å². The van der Waals surface area contributed by atoms with Crippen molar-refractivity contribution in [3.05, 3.63) is 41.7 Å². The van der Waals surface area contributed by atoms with Gasteiger partial charge in [0.1, 0.15) is 11.3 Å². The smallest absolute Gasteiger partial charge is 0.156 e. The predicted molar refractivity (Wildman–Crippen MR) is 96.4 cm³/mol. The number of nitrogens with one attached hydrogen (secondary N) is 1. The fraction of sp³-hybridized carbons (Fsp3) is 0.400. The van der Waals surface area contributed by atoms with E-state index in [1.807, 2.05) is 18.3 Å². The van der Waals surface area contributed by atoms with Crippen molar-refractivity contribution in [3.63, 3.8) is 0 Å². The van der Waals surface area contributed by atoms with Crippen molar-refractivity contribution in [1.82, 2.24) is 15.0 Å². The number of hydrogen-bond acceptors (Lipinski definition) is 3. The second-order valence-corrected chi connectivity index (χ2v) is 6.68. The van der Waals surface area contributed by atoms with Crippen molar-refractivity contribution >= 4 is 11.2 Å². The Bertz CT molecular complexity index is 845. The Morgan fingerprint density at radius 1 is 1.08 bits per heavy atom. The minimum atomic E-state index is 0.578. The van der Waals surface area contributed by atoms with Crippen LogP contribution >= 0.6 is 0 Å². The number of aromatic amines is 1. The molecular formula is C20H23N3O. The summed E-state index contributed by atoms with van der Waals surface area (Å²) in [6, 6.07) is 8.10. The third-order valence-electron chi connectivity index (χ3n) is 5.17. The molecule has 0 unspecified atom stereocenters. The first-order valence-corrected chi connectivity index (χ1v) is 8.76. The van der Waals surface area contributed by atoms with Gasteiger partial charge in [-0.15, -0.1) is 0 Å². The van der Waals surface area contributed by atoms with Crippen molar-refractivity contribution in [2.24, 2.45) is 0 Å². The first kappa shape index (κ1) is 15.2. The van der Waals surface area contributed by atoms with Gasteiger partial charge in [0.25, 0.3) is 0 Å². The minimum absolute atomic E-state index is 0.578.